The number of nitrogens with zero attached hydrogens (tertiary/aromatic N) is 2. The number of hydrogen-bond donors (Lipinski definition) is 2. The molecular formula is C20H18F2N4O. The first kappa shape index (κ1) is 18.4. The van der Waals surface area contributed by atoms with Gasteiger partial charge in [0.15, 0.2) is 0 Å². The first-order valence-corrected chi connectivity index (χ1v) is 8.48. The van der Waals surface area contributed by atoms with Crippen LogP contribution < -0.4 is 10.6 Å². The molecule has 0 saturated heterocycles. The molecule has 0 fully saturated rings. The Morgan fingerprint density at radius 1 is 1.00 bits per heavy atom. The van der Waals surface area contributed by atoms with Gasteiger partial charge in [0, 0.05) is 18.7 Å². The second-order valence-electron chi connectivity index (χ2n) is 5.88. The van der Waals surface area contributed by atoms with Crippen LogP contribution in [0.15, 0.2) is 60.9 Å². The Kier molecular flexibility index (Phi) is 6.04. The van der Waals surface area contributed by atoms with Gasteiger partial charge in [-0.1, -0.05) is 30.3 Å². The quantitative estimate of drug-likeness (QED) is 0.618. The molecule has 1 aromatic heterocycles. The number of rotatable bonds is 7. The lowest BCUT2D eigenvalue weighted by Crippen LogP contribution is -2.16. The molecule has 0 radical (unpaired) electrons. The molecular weight excluding hydrogens is 350 g/mol. The third-order valence-electron chi connectivity index (χ3n) is 3.87. The summed E-state index contributed by atoms with van der Waals surface area (Å²) in [6.45, 7) is 0.680. The molecule has 0 saturated carbocycles. The summed E-state index contributed by atoms with van der Waals surface area (Å²) in [6.07, 6.45) is 3.09. The van der Waals surface area contributed by atoms with Crippen LogP contribution in [-0.4, -0.2) is 22.4 Å². The minimum atomic E-state index is -0.850. The first-order valence-electron chi connectivity index (χ1n) is 8.48. The summed E-state index contributed by atoms with van der Waals surface area (Å²) in [5.74, 6) is -1.66. The Balaban J connectivity index is 1.55. The fourth-order valence-electron chi connectivity index (χ4n) is 2.51. The van der Waals surface area contributed by atoms with Gasteiger partial charge in [-0.3, -0.25) is 4.79 Å². The van der Waals surface area contributed by atoms with Gasteiger partial charge in [-0.05, 0) is 30.5 Å². The summed E-state index contributed by atoms with van der Waals surface area (Å²) in [5, 5.41) is 5.51. The minimum Gasteiger partial charge on any atom is -0.370 e. The van der Waals surface area contributed by atoms with Gasteiger partial charge in [0.1, 0.15) is 29.5 Å². The lowest BCUT2D eigenvalue weighted by atomic mass is 10.1. The average molecular weight is 368 g/mol. The van der Waals surface area contributed by atoms with Crippen LogP contribution in [0.3, 0.4) is 0 Å². The summed E-state index contributed by atoms with van der Waals surface area (Å²) < 4.78 is 26.6. The maximum absolute atomic E-state index is 13.7. The SMILES string of the molecule is O=C(Nc1ccc(F)cc1F)c1cc(NCCCc2ccccc2)ncn1. The van der Waals surface area contributed by atoms with Gasteiger partial charge in [0.2, 0.25) is 0 Å². The number of aromatic nitrogens is 2. The number of carbonyl (C=O) groups excluding carboxylic acids is 1. The molecule has 138 valence electrons. The second-order valence-corrected chi connectivity index (χ2v) is 5.88. The Hall–Kier alpha value is -3.35. The Bertz CT molecular complexity index is 919. The van der Waals surface area contributed by atoms with Gasteiger partial charge in [-0.2, -0.15) is 0 Å². The van der Waals surface area contributed by atoms with Gasteiger partial charge in [0.25, 0.3) is 5.91 Å². The number of carbonyl (C=O) groups is 1. The molecule has 0 atom stereocenters. The lowest BCUT2D eigenvalue weighted by molar-refractivity contribution is 0.102. The number of hydrogen-bond acceptors (Lipinski definition) is 4. The second kappa shape index (κ2) is 8.84. The van der Waals surface area contributed by atoms with Crippen molar-refractivity contribution in [3.05, 3.63) is 83.8 Å². The number of halogens is 2. The topological polar surface area (TPSA) is 66.9 Å². The molecule has 0 aliphatic carbocycles. The van der Waals surface area contributed by atoms with Crippen molar-refractivity contribution < 1.29 is 13.6 Å². The van der Waals surface area contributed by atoms with Crippen LogP contribution in [0.4, 0.5) is 20.3 Å². The first-order chi connectivity index (χ1) is 13.1. The van der Waals surface area contributed by atoms with Crippen molar-refractivity contribution in [2.45, 2.75) is 12.8 Å². The van der Waals surface area contributed by atoms with Gasteiger partial charge in [0.05, 0.1) is 5.69 Å². The van der Waals surface area contributed by atoms with E-state index in [2.05, 4.69) is 32.7 Å². The zero-order valence-electron chi connectivity index (χ0n) is 14.5. The van der Waals surface area contributed by atoms with Crippen molar-refractivity contribution in [1.29, 1.82) is 0 Å². The van der Waals surface area contributed by atoms with E-state index in [1.807, 2.05) is 18.2 Å². The number of benzene rings is 2. The van der Waals surface area contributed by atoms with Crippen molar-refractivity contribution in [2.24, 2.45) is 0 Å². The van der Waals surface area contributed by atoms with Crippen LogP contribution in [0.1, 0.15) is 22.5 Å². The van der Waals surface area contributed by atoms with Crippen LogP contribution in [0.5, 0.6) is 0 Å². The summed E-state index contributed by atoms with van der Waals surface area (Å²) in [7, 11) is 0. The van der Waals surface area contributed by atoms with Crippen molar-refractivity contribution in [3.63, 3.8) is 0 Å². The van der Waals surface area contributed by atoms with Crippen LogP contribution in [0.25, 0.3) is 0 Å². The maximum atomic E-state index is 13.7. The molecule has 1 amide bonds. The number of nitrogens with one attached hydrogen (secondary N) is 2. The highest BCUT2D eigenvalue weighted by Crippen LogP contribution is 2.16. The summed E-state index contributed by atoms with van der Waals surface area (Å²) in [5.41, 5.74) is 1.22. The van der Waals surface area contributed by atoms with E-state index in [1.165, 1.54) is 18.0 Å². The zero-order valence-corrected chi connectivity index (χ0v) is 14.5. The standard InChI is InChI=1S/C20H18F2N4O/c21-15-8-9-17(16(22)11-15)26-20(27)18-12-19(25-13-24-18)23-10-4-7-14-5-2-1-3-6-14/h1-3,5-6,8-9,11-13H,4,7,10H2,(H,26,27)(H,23,24,25). The lowest BCUT2D eigenvalue weighted by Gasteiger charge is -2.08. The zero-order chi connectivity index (χ0) is 19.1. The molecule has 5 nitrogen and oxygen atoms in total. The minimum absolute atomic E-state index is 0.0827. The summed E-state index contributed by atoms with van der Waals surface area (Å²) in [6, 6.07) is 14.5. The monoisotopic (exact) mass is 368 g/mol. The van der Waals surface area contributed by atoms with Crippen molar-refractivity contribution in [3.8, 4) is 0 Å². The van der Waals surface area contributed by atoms with Crippen LogP contribution >= 0.6 is 0 Å². The predicted octanol–water partition coefficient (Wildman–Crippen LogP) is 4.05. The Morgan fingerprint density at radius 2 is 1.81 bits per heavy atom. The van der Waals surface area contributed by atoms with Gasteiger partial charge in [-0.25, -0.2) is 18.7 Å². The predicted molar refractivity (Wildman–Crippen MR) is 99.6 cm³/mol. The molecule has 0 bridgehead atoms. The van der Waals surface area contributed by atoms with Crippen LogP contribution in [0.2, 0.25) is 0 Å². The van der Waals surface area contributed by atoms with Gasteiger partial charge < -0.3 is 10.6 Å². The van der Waals surface area contributed by atoms with E-state index in [-0.39, 0.29) is 11.4 Å². The molecule has 0 spiro atoms. The third kappa shape index (κ3) is 5.31. The van der Waals surface area contributed by atoms with Crippen molar-refractivity contribution >= 4 is 17.4 Å². The highest BCUT2D eigenvalue weighted by atomic mass is 19.1. The molecule has 2 aromatic carbocycles. The Morgan fingerprint density at radius 3 is 2.59 bits per heavy atom. The number of anilines is 2. The molecule has 1 heterocycles. The van der Waals surface area contributed by atoms with Crippen LogP contribution in [-0.2, 0) is 6.42 Å². The summed E-state index contributed by atoms with van der Waals surface area (Å²) >= 11 is 0. The van der Waals surface area contributed by atoms with E-state index >= 15 is 0 Å². The molecule has 7 heteroatoms. The number of aryl methyl sites for hydroxylation is 1. The molecule has 3 aromatic rings. The molecule has 0 aliphatic rings. The average Bonchev–Trinajstić information content (AvgIpc) is 2.68. The normalized spacial score (nSPS) is 10.4. The van der Waals surface area contributed by atoms with E-state index < -0.39 is 17.5 Å². The van der Waals surface area contributed by atoms with Crippen LogP contribution in [0, 0.1) is 11.6 Å². The van der Waals surface area contributed by atoms with E-state index in [4.69, 9.17) is 0 Å². The molecule has 0 aliphatic heterocycles. The van der Waals surface area contributed by atoms with E-state index in [0.29, 0.717) is 18.4 Å². The highest BCUT2D eigenvalue weighted by Gasteiger charge is 2.12. The van der Waals surface area contributed by atoms with Crippen molar-refractivity contribution in [2.75, 3.05) is 17.2 Å². The van der Waals surface area contributed by atoms with E-state index in [1.54, 1.807) is 0 Å². The third-order valence-corrected chi connectivity index (χ3v) is 3.87. The number of amides is 1. The highest BCUT2D eigenvalue weighted by molar-refractivity contribution is 6.03. The fraction of sp³-hybridized carbons (Fsp3) is 0.150. The summed E-state index contributed by atoms with van der Waals surface area (Å²) in [4.78, 5) is 20.2. The smallest absolute Gasteiger partial charge is 0.274 e. The van der Waals surface area contributed by atoms with E-state index in [0.717, 1.165) is 25.0 Å². The largest absolute Gasteiger partial charge is 0.370 e. The van der Waals surface area contributed by atoms with Gasteiger partial charge >= 0.3 is 0 Å². The molecule has 0 unspecified atom stereocenters. The maximum Gasteiger partial charge on any atom is 0.274 e. The fourth-order valence-corrected chi connectivity index (χ4v) is 2.51. The molecule has 2 N–H and O–H groups in total. The van der Waals surface area contributed by atoms with E-state index in [9.17, 15) is 13.6 Å². The molecule has 27 heavy (non-hydrogen) atoms. The van der Waals surface area contributed by atoms with Gasteiger partial charge in [-0.15, -0.1) is 0 Å². The molecule has 3 rings (SSSR count). The Labute approximate surface area is 155 Å². The van der Waals surface area contributed by atoms with Crippen molar-refractivity contribution in [1.82, 2.24) is 9.97 Å².